The molecule has 2 aromatic rings. The first-order valence-corrected chi connectivity index (χ1v) is 9.56. The van der Waals surface area contributed by atoms with Crippen LogP contribution in [0.25, 0.3) is 6.08 Å². The fourth-order valence-corrected chi connectivity index (χ4v) is 3.63. The van der Waals surface area contributed by atoms with Gasteiger partial charge in [0.05, 0.1) is 5.75 Å². The van der Waals surface area contributed by atoms with E-state index in [0.29, 0.717) is 23.3 Å². The van der Waals surface area contributed by atoms with Crippen LogP contribution in [-0.2, 0) is 4.79 Å². The van der Waals surface area contributed by atoms with Crippen LogP contribution in [-0.4, -0.2) is 39.8 Å². The van der Waals surface area contributed by atoms with Crippen molar-refractivity contribution in [2.24, 2.45) is 5.92 Å². The number of nitrogens with zero attached hydrogens (tertiary/aromatic N) is 3. The average Bonchev–Trinajstić information content (AvgIpc) is 2.98. The molecule has 0 saturated carbocycles. The molecule has 1 aromatic carbocycles. The number of nitrogens with two attached hydrogens (primary N) is 1. The zero-order valence-electron chi connectivity index (χ0n) is 13.9. The molecule has 2 rings (SSSR count). The molecule has 0 aliphatic carbocycles. The van der Waals surface area contributed by atoms with Crippen molar-refractivity contribution >= 4 is 40.2 Å². The SMILES string of the molecule is CC(C)CN(CC=Cc1ccccc1)C(=O)CSc1nnc(N)s1. The minimum atomic E-state index is 0.0974. The number of aromatic nitrogens is 2. The molecule has 0 atom stereocenters. The third kappa shape index (κ3) is 6.33. The molecular formula is C17H22N4OS2. The average molecular weight is 363 g/mol. The van der Waals surface area contributed by atoms with Gasteiger partial charge in [0.1, 0.15) is 0 Å². The maximum absolute atomic E-state index is 12.5. The van der Waals surface area contributed by atoms with Gasteiger partial charge in [0.2, 0.25) is 11.0 Å². The fourth-order valence-electron chi connectivity index (χ4n) is 2.09. The van der Waals surface area contributed by atoms with E-state index in [9.17, 15) is 4.79 Å². The summed E-state index contributed by atoms with van der Waals surface area (Å²) in [7, 11) is 0. The Morgan fingerprint density at radius 1 is 1.33 bits per heavy atom. The fraction of sp³-hybridized carbons (Fsp3) is 0.353. The summed E-state index contributed by atoms with van der Waals surface area (Å²) in [6, 6.07) is 10.1. The van der Waals surface area contributed by atoms with E-state index in [-0.39, 0.29) is 5.91 Å². The van der Waals surface area contributed by atoms with Gasteiger partial charge in [-0.3, -0.25) is 4.79 Å². The molecule has 1 aromatic heterocycles. The van der Waals surface area contributed by atoms with Gasteiger partial charge in [-0.15, -0.1) is 10.2 Å². The van der Waals surface area contributed by atoms with Crippen molar-refractivity contribution in [3.63, 3.8) is 0 Å². The lowest BCUT2D eigenvalue weighted by Gasteiger charge is -2.23. The van der Waals surface area contributed by atoms with E-state index in [1.54, 1.807) is 0 Å². The summed E-state index contributed by atoms with van der Waals surface area (Å²) in [5.41, 5.74) is 6.69. The van der Waals surface area contributed by atoms with Gasteiger partial charge in [-0.25, -0.2) is 0 Å². The Kier molecular flexibility index (Phi) is 7.27. The summed E-state index contributed by atoms with van der Waals surface area (Å²) in [4.78, 5) is 14.4. The predicted octanol–water partition coefficient (Wildman–Crippen LogP) is 3.41. The Balaban J connectivity index is 1.91. The van der Waals surface area contributed by atoms with Gasteiger partial charge in [0, 0.05) is 13.1 Å². The Labute approximate surface area is 151 Å². The minimum Gasteiger partial charge on any atom is -0.374 e. The molecule has 0 unspecified atom stereocenters. The van der Waals surface area contributed by atoms with Crippen LogP contribution in [0.1, 0.15) is 19.4 Å². The smallest absolute Gasteiger partial charge is 0.233 e. The number of nitrogen functional groups attached to an aromatic ring is 1. The standard InChI is InChI=1S/C17H22N4OS2/c1-13(2)11-21(10-6-9-14-7-4-3-5-8-14)15(22)12-23-17-20-19-16(18)24-17/h3-9,13H,10-12H2,1-2H3,(H2,18,19). The van der Waals surface area contributed by atoms with Crippen LogP contribution in [0, 0.1) is 5.92 Å². The van der Waals surface area contributed by atoms with Crippen LogP contribution in [0.5, 0.6) is 0 Å². The molecule has 0 spiro atoms. The Morgan fingerprint density at radius 2 is 2.08 bits per heavy atom. The first kappa shape index (κ1) is 18.5. The Morgan fingerprint density at radius 3 is 2.71 bits per heavy atom. The normalized spacial score (nSPS) is 11.3. The van der Waals surface area contributed by atoms with E-state index >= 15 is 0 Å². The number of carbonyl (C=O) groups excluding carboxylic acids is 1. The largest absolute Gasteiger partial charge is 0.374 e. The second-order valence-electron chi connectivity index (χ2n) is 5.70. The molecule has 0 fully saturated rings. The van der Waals surface area contributed by atoms with Crippen LogP contribution >= 0.6 is 23.1 Å². The Hall–Kier alpha value is -1.86. The highest BCUT2D eigenvalue weighted by Gasteiger charge is 2.15. The van der Waals surface area contributed by atoms with Gasteiger partial charge in [-0.2, -0.15) is 0 Å². The van der Waals surface area contributed by atoms with Crippen molar-refractivity contribution in [3.05, 3.63) is 42.0 Å². The molecule has 2 N–H and O–H groups in total. The van der Waals surface area contributed by atoms with Crippen LogP contribution in [0.2, 0.25) is 0 Å². The van der Waals surface area contributed by atoms with Crippen LogP contribution < -0.4 is 5.73 Å². The number of carbonyl (C=O) groups is 1. The van der Waals surface area contributed by atoms with Crippen molar-refractivity contribution in [2.45, 2.75) is 18.2 Å². The molecule has 5 nitrogen and oxygen atoms in total. The summed E-state index contributed by atoms with van der Waals surface area (Å²) in [6.45, 7) is 5.56. The van der Waals surface area contributed by atoms with Crippen molar-refractivity contribution in [1.82, 2.24) is 15.1 Å². The maximum atomic E-state index is 12.5. The summed E-state index contributed by atoms with van der Waals surface area (Å²) < 4.78 is 0.727. The molecule has 7 heteroatoms. The zero-order chi connectivity index (χ0) is 17.4. The van der Waals surface area contributed by atoms with Crippen molar-refractivity contribution in [1.29, 1.82) is 0 Å². The molecular weight excluding hydrogens is 340 g/mol. The molecule has 0 aliphatic rings. The molecule has 128 valence electrons. The molecule has 24 heavy (non-hydrogen) atoms. The van der Waals surface area contributed by atoms with E-state index in [1.807, 2.05) is 47.4 Å². The van der Waals surface area contributed by atoms with Gasteiger partial charge < -0.3 is 10.6 Å². The minimum absolute atomic E-state index is 0.0974. The topological polar surface area (TPSA) is 72.1 Å². The summed E-state index contributed by atoms with van der Waals surface area (Å²) >= 11 is 2.69. The number of amides is 1. The van der Waals surface area contributed by atoms with Crippen molar-refractivity contribution in [2.75, 3.05) is 24.6 Å². The van der Waals surface area contributed by atoms with Gasteiger partial charge >= 0.3 is 0 Å². The predicted molar refractivity (Wildman–Crippen MR) is 102 cm³/mol. The van der Waals surface area contributed by atoms with E-state index in [1.165, 1.54) is 23.1 Å². The van der Waals surface area contributed by atoms with Gasteiger partial charge in [-0.1, -0.05) is 79.4 Å². The van der Waals surface area contributed by atoms with Gasteiger partial charge in [-0.05, 0) is 11.5 Å². The second-order valence-corrected chi connectivity index (χ2v) is 7.93. The van der Waals surface area contributed by atoms with Crippen molar-refractivity contribution < 1.29 is 4.79 Å². The number of anilines is 1. The lowest BCUT2D eigenvalue weighted by molar-refractivity contribution is -0.128. The monoisotopic (exact) mass is 362 g/mol. The number of thioether (sulfide) groups is 1. The first-order valence-electron chi connectivity index (χ1n) is 7.75. The van der Waals surface area contributed by atoms with E-state index in [0.717, 1.165) is 16.4 Å². The molecule has 1 heterocycles. The van der Waals surface area contributed by atoms with Crippen LogP contribution in [0.4, 0.5) is 5.13 Å². The van der Waals surface area contributed by atoms with E-state index < -0.39 is 0 Å². The number of hydrogen-bond acceptors (Lipinski definition) is 6. The maximum Gasteiger partial charge on any atom is 0.233 e. The molecule has 1 amide bonds. The van der Waals surface area contributed by atoms with E-state index in [4.69, 9.17) is 5.73 Å². The van der Waals surface area contributed by atoms with Gasteiger partial charge in [0.15, 0.2) is 4.34 Å². The third-order valence-corrected chi connectivity index (χ3v) is 4.99. The quantitative estimate of drug-likeness (QED) is 0.729. The van der Waals surface area contributed by atoms with Gasteiger partial charge in [0.25, 0.3) is 0 Å². The Bertz CT molecular complexity index is 670. The number of hydrogen-bond donors (Lipinski definition) is 1. The zero-order valence-corrected chi connectivity index (χ0v) is 15.5. The summed E-state index contributed by atoms with van der Waals surface area (Å²) in [5.74, 6) is 0.863. The van der Waals surface area contributed by atoms with Crippen LogP contribution in [0.3, 0.4) is 0 Å². The van der Waals surface area contributed by atoms with Crippen LogP contribution in [0.15, 0.2) is 40.7 Å². The molecule has 0 radical (unpaired) electrons. The first-order chi connectivity index (χ1) is 11.5. The lowest BCUT2D eigenvalue weighted by atomic mass is 10.2. The number of rotatable bonds is 8. The molecule has 0 bridgehead atoms. The number of benzene rings is 1. The van der Waals surface area contributed by atoms with Crippen molar-refractivity contribution in [3.8, 4) is 0 Å². The summed E-state index contributed by atoms with van der Waals surface area (Å²) in [5, 5.41) is 8.12. The molecule has 0 saturated heterocycles. The second kappa shape index (κ2) is 9.44. The summed E-state index contributed by atoms with van der Waals surface area (Å²) in [6.07, 6.45) is 4.07. The highest BCUT2D eigenvalue weighted by atomic mass is 32.2. The molecule has 0 aliphatic heterocycles. The van der Waals surface area contributed by atoms with E-state index in [2.05, 4.69) is 24.0 Å². The third-order valence-electron chi connectivity index (χ3n) is 3.12. The highest BCUT2D eigenvalue weighted by molar-refractivity contribution is 8.01. The lowest BCUT2D eigenvalue weighted by Crippen LogP contribution is -2.35. The highest BCUT2D eigenvalue weighted by Crippen LogP contribution is 2.23.